The van der Waals surface area contributed by atoms with Gasteiger partial charge in [-0.1, -0.05) is 31.5 Å². The molecule has 1 N–H and O–H groups in total. The third-order valence-electron chi connectivity index (χ3n) is 4.12. The van der Waals surface area contributed by atoms with Crippen molar-refractivity contribution in [3.8, 4) is 0 Å². The fraction of sp³-hybridized carbons (Fsp3) is 0.333. The summed E-state index contributed by atoms with van der Waals surface area (Å²) in [5, 5.41) is 2.83. The fourth-order valence-corrected chi connectivity index (χ4v) is 2.87. The predicted octanol–water partition coefficient (Wildman–Crippen LogP) is 3.61. The molecule has 3 aromatic rings. The van der Waals surface area contributed by atoms with Gasteiger partial charge in [-0.15, -0.1) is 0 Å². The van der Waals surface area contributed by atoms with Gasteiger partial charge in [0.25, 0.3) is 5.91 Å². The minimum absolute atomic E-state index is 0.0986. The van der Waals surface area contributed by atoms with Crippen LogP contribution in [0.25, 0.3) is 11.2 Å². The number of hydrogen-bond donors (Lipinski definition) is 1. The molecule has 124 valence electrons. The molecule has 0 unspecified atom stereocenters. The topological polar surface area (TPSA) is 72.7 Å². The maximum Gasteiger partial charge on any atom is 0.256 e. The van der Waals surface area contributed by atoms with Gasteiger partial charge in [0.05, 0.1) is 6.33 Å². The van der Waals surface area contributed by atoms with Crippen molar-refractivity contribution in [1.29, 1.82) is 0 Å². The van der Waals surface area contributed by atoms with Crippen LogP contribution in [0.1, 0.15) is 44.0 Å². The van der Waals surface area contributed by atoms with Crippen molar-refractivity contribution in [2.24, 2.45) is 0 Å². The van der Waals surface area contributed by atoms with E-state index in [0.717, 1.165) is 18.5 Å². The highest BCUT2D eigenvalue weighted by molar-refractivity contribution is 6.06. The Bertz CT molecular complexity index is 854. The monoisotopic (exact) mass is 323 g/mol. The van der Waals surface area contributed by atoms with Crippen LogP contribution in [-0.4, -0.2) is 25.4 Å². The molecule has 0 radical (unpaired) electrons. The van der Waals surface area contributed by atoms with Gasteiger partial charge in [-0.3, -0.25) is 4.79 Å². The lowest BCUT2D eigenvalue weighted by Crippen LogP contribution is -2.25. The van der Waals surface area contributed by atoms with Crippen molar-refractivity contribution < 1.29 is 4.79 Å². The molecule has 0 fully saturated rings. The normalized spacial score (nSPS) is 11.6. The number of fused-ring (bicyclic) bond motifs is 1. The third kappa shape index (κ3) is 2.99. The largest absolute Gasteiger partial charge is 0.309 e. The lowest BCUT2D eigenvalue weighted by molar-refractivity contribution is 0.102. The van der Waals surface area contributed by atoms with E-state index in [4.69, 9.17) is 0 Å². The minimum Gasteiger partial charge on any atom is -0.309 e. The molecule has 3 rings (SSSR count). The number of benzene rings is 1. The highest BCUT2D eigenvalue weighted by Gasteiger charge is 2.23. The van der Waals surface area contributed by atoms with Crippen LogP contribution in [0.3, 0.4) is 0 Å². The second kappa shape index (κ2) is 6.39. The minimum atomic E-state index is -0.210. The molecule has 0 aliphatic rings. The van der Waals surface area contributed by atoms with Gasteiger partial charge < -0.3 is 9.88 Å². The molecular weight excluding hydrogens is 302 g/mol. The van der Waals surface area contributed by atoms with E-state index in [1.807, 2.05) is 22.8 Å². The smallest absolute Gasteiger partial charge is 0.256 e. The van der Waals surface area contributed by atoms with Crippen LogP contribution in [-0.2, 0) is 5.54 Å². The zero-order chi connectivity index (χ0) is 17.2. The number of carbonyl (C=O) groups excluding carboxylic acids is 1. The summed E-state index contributed by atoms with van der Waals surface area (Å²) in [6.07, 6.45) is 5.31. The van der Waals surface area contributed by atoms with Gasteiger partial charge in [-0.05, 0) is 32.4 Å². The fourth-order valence-electron chi connectivity index (χ4n) is 2.87. The molecule has 1 amide bonds. The van der Waals surface area contributed by atoms with E-state index in [9.17, 15) is 4.79 Å². The van der Waals surface area contributed by atoms with Crippen LogP contribution in [0.5, 0.6) is 0 Å². The number of amides is 1. The average Bonchev–Trinajstić information content (AvgIpc) is 3.01. The summed E-state index contributed by atoms with van der Waals surface area (Å²) < 4.78 is 2.05. The number of imidazole rings is 1. The first-order valence-corrected chi connectivity index (χ1v) is 8.08. The zero-order valence-electron chi connectivity index (χ0n) is 14.2. The quantitative estimate of drug-likeness (QED) is 0.778. The first-order chi connectivity index (χ1) is 11.5. The SMILES string of the molecule is CCCC(C)(C)n1cnc2c(NC(=O)c3ccccc3)ncnc21. The molecule has 6 nitrogen and oxygen atoms in total. The lowest BCUT2D eigenvalue weighted by atomic mass is 9.99. The number of anilines is 1. The standard InChI is InChI=1S/C18H21N5O/c1-4-10-18(2,3)23-12-21-14-15(19-11-20-16(14)23)22-17(24)13-8-6-5-7-9-13/h5-9,11-12H,4,10H2,1-3H3,(H,19,20,22,24). The molecule has 0 saturated heterocycles. The number of nitrogens with one attached hydrogen (secondary N) is 1. The molecule has 2 aromatic heterocycles. The molecule has 24 heavy (non-hydrogen) atoms. The van der Waals surface area contributed by atoms with Crippen LogP contribution in [0, 0.1) is 0 Å². The Labute approximate surface area is 141 Å². The first-order valence-electron chi connectivity index (χ1n) is 8.08. The summed E-state index contributed by atoms with van der Waals surface area (Å²) in [6.45, 7) is 6.46. The number of aromatic nitrogens is 4. The Morgan fingerprint density at radius 2 is 1.92 bits per heavy atom. The summed E-state index contributed by atoms with van der Waals surface area (Å²) in [5.74, 6) is 0.220. The summed E-state index contributed by atoms with van der Waals surface area (Å²) in [6, 6.07) is 9.05. The van der Waals surface area contributed by atoms with Crippen molar-refractivity contribution in [2.45, 2.75) is 39.2 Å². The van der Waals surface area contributed by atoms with E-state index in [0.29, 0.717) is 16.9 Å². The van der Waals surface area contributed by atoms with E-state index in [-0.39, 0.29) is 11.4 Å². The van der Waals surface area contributed by atoms with Crippen molar-refractivity contribution in [3.63, 3.8) is 0 Å². The van der Waals surface area contributed by atoms with Crippen molar-refractivity contribution >= 4 is 22.9 Å². The highest BCUT2D eigenvalue weighted by atomic mass is 16.1. The number of rotatable bonds is 5. The van der Waals surface area contributed by atoms with Gasteiger partial charge in [-0.25, -0.2) is 15.0 Å². The summed E-state index contributed by atoms with van der Waals surface area (Å²) >= 11 is 0. The van der Waals surface area contributed by atoms with E-state index in [1.54, 1.807) is 18.5 Å². The molecular formula is C18H21N5O. The number of hydrogen-bond acceptors (Lipinski definition) is 4. The Morgan fingerprint density at radius 1 is 1.17 bits per heavy atom. The molecule has 0 atom stereocenters. The average molecular weight is 323 g/mol. The summed E-state index contributed by atoms with van der Waals surface area (Å²) in [7, 11) is 0. The van der Waals surface area contributed by atoms with Crippen LogP contribution in [0.4, 0.5) is 5.82 Å². The van der Waals surface area contributed by atoms with Crippen molar-refractivity contribution in [1.82, 2.24) is 19.5 Å². The molecule has 2 heterocycles. The van der Waals surface area contributed by atoms with Gasteiger partial charge in [0.15, 0.2) is 17.0 Å². The Kier molecular flexibility index (Phi) is 4.29. The van der Waals surface area contributed by atoms with Crippen molar-refractivity contribution in [2.75, 3.05) is 5.32 Å². The van der Waals surface area contributed by atoms with Crippen LogP contribution >= 0.6 is 0 Å². The summed E-state index contributed by atoms with van der Waals surface area (Å²) in [5.41, 5.74) is 1.81. The van der Waals surface area contributed by atoms with Crippen LogP contribution in [0.15, 0.2) is 43.0 Å². The molecule has 0 aliphatic carbocycles. The van der Waals surface area contributed by atoms with Crippen molar-refractivity contribution in [3.05, 3.63) is 48.5 Å². The Hall–Kier alpha value is -2.76. The predicted molar refractivity (Wildman–Crippen MR) is 93.9 cm³/mol. The molecule has 0 saturated carbocycles. The maximum absolute atomic E-state index is 12.4. The van der Waals surface area contributed by atoms with Gasteiger partial charge in [0.1, 0.15) is 6.33 Å². The number of nitrogens with zero attached hydrogens (tertiary/aromatic N) is 4. The van der Waals surface area contributed by atoms with Crippen LogP contribution < -0.4 is 5.32 Å². The van der Waals surface area contributed by atoms with Crippen LogP contribution in [0.2, 0.25) is 0 Å². The molecule has 0 spiro atoms. The summed E-state index contributed by atoms with van der Waals surface area (Å²) in [4.78, 5) is 25.4. The second-order valence-corrected chi connectivity index (χ2v) is 6.39. The first kappa shape index (κ1) is 16.1. The number of carbonyl (C=O) groups is 1. The maximum atomic E-state index is 12.4. The van der Waals surface area contributed by atoms with E-state index in [2.05, 4.69) is 41.0 Å². The molecule has 0 bridgehead atoms. The molecule has 1 aromatic carbocycles. The lowest BCUT2D eigenvalue weighted by Gasteiger charge is -2.26. The van der Waals surface area contributed by atoms with Gasteiger partial charge in [0.2, 0.25) is 0 Å². The second-order valence-electron chi connectivity index (χ2n) is 6.39. The van der Waals surface area contributed by atoms with Gasteiger partial charge in [0, 0.05) is 11.1 Å². The Morgan fingerprint density at radius 3 is 2.62 bits per heavy atom. The third-order valence-corrected chi connectivity index (χ3v) is 4.12. The zero-order valence-corrected chi connectivity index (χ0v) is 14.2. The van der Waals surface area contributed by atoms with E-state index >= 15 is 0 Å². The Balaban J connectivity index is 1.96. The molecule has 0 aliphatic heterocycles. The van der Waals surface area contributed by atoms with Gasteiger partial charge >= 0.3 is 0 Å². The molecule has 6 heteroatoms. The highest BCUT2D eigenvalue weighted by Crippen LogP contribution is 2.27. The van der Waals surface area contributed by atoms with E-state index < -0.39 is 0 Å². The van der Waals surface area contributed by atoms with E-state index in [1.165, 1.54) is 6.33 Å². The van der Waals surface area contributed by atoms with Gasteiger partial charge in [-0.2, -0.15) is 0 Å².